The van der Waals surface area contributed by atoms with Gasteiger partial charge in [-0.3, -0.25) is 4.79 Å². The minimum absolute atomic E-state index is 0.320. The number of aliphatic hydroxyl groups excluding tert-OH is 1. The quantitative estimate of drug-likeness (QED) is 0.487. The van der Waals surface area contributed by atoms with Gasteiger partial charge >= 0.3 is 18.0 Å². The highest BCUT2D eigenvalue weighted by atomic mass is 19.4. The molecule has 0 saturated carbocycles. The fourth-order valence-corrected chi connectivity index (χ4v) is 0.764. The monoisotopic (exact) mass is 296 g/mol. The van der Waals surface area contributed by atoms with Crippen molar-refractivity contribution in [1.29, 1.82) is 0 Å². The third-order valence-electron chi connectivity index (χ3n) is 2.10. The van der Waals surface area contributed by atoms with Crippen molar-refractivity contribution in [3.05, 3.63) is 11.8 Å². The third-order valence-corrected chi connectivity index (χ3v) is 2.10. The Balaban J connectivity index is 5.54. The highest BCUT2D eigenvalue weighted by Gasteiger charge is 2.75. The lowest BCUT2D eigenvalue weighted by molar-refractivity contribution is -0.342. The molecule has 0 radical (unpaired) electrons. The number of allylic oxidation sites excluding steroid dienone is 2. The molecule has 9 heteroatoms. The van der Waals surface area contributed by atoms with Crippen LogP contribution in [0.5, 0.6) is 0 Å². The summed E-state index contributed by atoms with van der Waals surface area (Å²) in [6.07, 6.45) is -6.91. The van der Waals surface area contributed by atoms with Crippen molar-refractivity contribution in [2.75, 3.05) is 0 Å². The molecule has 0 aliphatic carbocycles. The van der Waals surface area contributed by atoms with Gasteiger partial charge < -0.3 is 5.11 Å². The van der Waals surface area contributed by atoms with Crippen LogP contribution in [0.25, 0.3) is 0 Å². The van der Waals surface area contributed by atoms with E-state index in [1.165, 1.54) is 20.8 Å². The summed E-state index contributed by atoms with van der Waals surface area (Å²) in [7, 11) is 0. The summed E-state index contributed by atoms with van der Waals surface area (Å²) in [5.74, 6) is -16.4. The van der Waals surface area contributed by atoms with E-state index in [1.54, 1.807) is 0 Å². The van der Waals surface area contributed by atoms with E-state index in [-0.39, 0.29) is 6.08 Å². The Bertz CT molecular complexity index is 388. The Kier molecular flexibility index (Phi) is 4.36. The molecule has 1 N–H and O–H groups in total. The summed E-state index contributed by atoms with van der Waals surface area (Å²) in [6, 6.07) is 0. The zero-order valence-electron chi connectivity index (χ0n) is 10.1. The fourth-order valence-electron chi connectivity index (χ4n) is 0.764. The molecule has 0 saturated heterocycles. The number of hydrogen-bond donors (Lipinski definition) is 1. The van der Waals surface area contributed by atoms with Gasteiger partial charge in [-0.25, -0.2) is 0 Å². The Morgan fingerprint density at radius 1 is 0.947 bits per heavy atom. The average Bonchev–Trinajstić information content (AvgIpc) is 2.13. The molecule has 0 bridgehead atoms. The zero-order valence-corrected chi connectivity index (χ0v) is 10.1. The predicted molar refractivity (Wildman–Crippen MR) is 51.1 cm³/mol. The lowest BCUT2D eigenvalue weighted by Crippen LogP contribution is -2.55. The van der Waals surface area contributed by atoms with Crippen LogP contribution in [0, 0.1) is 5.41 Å². The minimum atomic E-state index is -6.59. The second-order valence-electron chi connectivity index (χ2n) is 4.79. The molecule has 0 atom stereocenters. The number of carbonyl (C=O) groups excluding carboxylic acids is 1. The van der Waals surface area contributed by atoms with E-state index >= 15 is 0 Å². The Hall–Kier alpha value is -1.28. The van der Waals surface area contributed by atoms with Gasteiger partial charge in [-0.05, 0) is 0 Å². The van der Waals surface area contributed by atoms with Crippen LogP contribution in [0.15, 0.2) is 11.8 Å². The van der Waals surface area contributed by atoms with Crippen LogP contribution in [0.3, 0.4) is 0 Å². The van der Waals surface area contributed by atoms with Crippen LogP contribution in [0.2, 0.25) is 0 Å². The van der Waals surface area contributed by atoms with E-state index in [9.17, 15) is 35.5 Å². The van der Waals surface area contributed by atoms with Crippen molar-refractivity contribution in [3.63, 3.8) is 0 Å². The van der Waals surface area contributed by atoms with Gasteiger partial charge in [0.25, 0.3) is 0 Å². The van der Waals surface area contributed by atoms with E-state index in [0.717, 1.165) is 0 Å². The zero-order chi connectivity index (χ0) is 15.9. The van der Waals surface area contributed by atoms with E-state index in [1.807, 2.05) is 0 Å². The normalized spacial score (nSPS) is 15.6. The first-order valence-electron chi connectivity index (χ1n) is 4.83. The molecule has 0 amide bonds. The summed E-state index contributed by atoms with van der Waals surface area (Å²) in [6.45, 7) is 3.73. The molecule has 0 aromatic carbocycles. The smallest absolute Gasteiger partial charge is 0.460 e. The van der Waals surface area contributed by atoms with Crippen LogP contribution in [0.1, 0.15) is 20.8 Å². The van der Waals surface area contributed by atoms with Crippen molar-refractivity contribution in [2.45, 2.75) is 38.8 Å². The molecule has 19 heavy (non-hydrogen) atoms. The van der Waals surface area contributed by atoms with Crippen LogP contribution in [0.4, 0.5) is 30.7 Å². The lowest BCUT2D eigenvalue weighted by Gasteiger charge is -2.26. The highest BCUT2D eigenvalue weighted by molar-refractivity contribution is 5.97. The van der Waals surface area contributed by atoms with Gasteiger partial charge in [0.2, 0.25) is 5.78 Å². The summed E-state index contributed by atoms with van der Waals surface area (Å²) >= 11 is 0. The summed E-state index contributed by atoms with van der Waals surface area (Å²) < 4.78 is 86.1. The number of aliphatic hydroxyl groups is 1. The second-order valence-corrected chi connectivity index (χ2v) is 4.79. The van der Waals surface area contributed by atoms with Crippen molar-refractivity contribution in [2.24, 2.45) is 5.41 Å². The number of alkyl halides is 7. The summed E-state index contributed by atoms with van der Waals surface area (Å²) in [5, 5.41) is 9.17. The van der Waals surface area contributed by atoms with Crippen LogP contribution in [-0.2, 0) is 4.79 Å². The van der Waals surface area contributed by atoms with E-state index in [2.05, 4.69) is 0 Å². The topological polar surface area (TPSA) is 37.3 Å². The van der Waals surface area contributed by atoms with Crippen molar-refractivity contribution < 1.29 is 40.6 Å². The van der Waals surface area contributed by atoms with Gasteiger partial charge in [-0.15, -0.1) is 0 Å². The molecule has 0 aliphatic heterocycles. The maximum absolute atomic E-state index is 12.9. The molecule has 0 fully saturated rings. The molecule has 0 heterocycles. The number of ketones is 1. The van der Waals surface area contributed by atoms with Gasteiger partial charge in [0, 0.05) is 11.5 Å². The molecule has 0 spiro atoms. The Morgan fingerprint density at radius 3 is 1.58 bits per heavy atom. The largest absolute Gasteiger partial charge is 0.512 e. The predicted octanol–water partition coefficient (Wildman–Crippen LogP) is 3.88. The summed E-state index contributed by atoms with van der Waals surface area (Å²) in [4.78, 5) is 10.8. The third kappa shape index (κ3) is 3.38. The Labute approximate surface area is 103 Å². The molecule has 0 aromatic rings. The van der Waals surface area contributed by atoms with E-state index in [0.29, 0.717) is 0 Å². The standard InChI is InChI=1S/C10H11F7O2/c1-7(2,3)5(18)4-6(19)8(11,12)9(13,14)10(15,16)17/h4,18H,1-3H3. The van der Waals surface area contributed by atoms with Gasteiger partial charge in [-0.2, -0.15) is 30.7 Å². The number of carbonyl (C=O) groups is 1. The molecular formula is C10H11F7O2. The van der Waals surface area contributed by atoms with Crippen molar-refractivity contribution >= 4 is 5.78 Å². The fraction of sp³-hybridized carbons (Fsp3) is 0.700. The van der Waals surface area contributed by atoms with Crippen molar-refractivity contribution in [1.82, 2.24) is 0 Å². The van der Waals surface area contributed by atoms with Crippen LogP contribution < -0.4 is 0 Å². The van der Waals surface area contributed by atoms with E-state index in [4.69, 9.17) is 5.11 Å². The minimum Gasteiger partial charge on any atom is -0.512 e. The second kappa shape index (κ2) is 4.68. The van der Waals surface area contributed by atoms with Gasteiger partial charge in [0.1, 0.15) is 5.76 Å². The number of rotatable bonds is 3. The molecule has 0 aliphatic rings. The van der Waals surface area contributed by atoms with E-state index < -0.39 is 35.0 Å². The van der Waals surface area contributed by atoms with Gasteiger partial charge in [0.15, 0.2) is 0 Å². The maximum atomic E-state index is 12.9. The van der Waals surface area contributed by atoms with Gasteiger partial charge in [-0.1, -0.05) is 20.8 Å². The maximum Gasteiger partial charge on any atom is 0.460 e. The van der Waals surface area contributed by atoms with Crippen LogP contribution >= 0.6 is 0 Å². The first-order valence-corrected chi connectivity index (χ1v) is 4.83. The molecule has 112 valence electrons. The summed E-state index contributed by atoms with van der Waals surface area (Å²) in [5.41, 5.74) is -1.25. The number of hydrogen-bond acceptors (Lipinski definition) is 2. The van der Waals surface area contributed by atoms with Gasteiger partial charge in [0.05, 0.1) is 0 Å². The molecular weight excluding hydrogens is 285 g/mol. The number of halogens is 7. The highest BCUT2D eigenvalue weighted by Crippen LogP contribution is 2.47. The molecule has 0 unspecified atom stereocenters. The van der Waals surface area contributed by atoms with Crippen LogP contribution in [-0.4, -0.2) is 28.9 Å². The average molecular weight is 296 g/mol. The Morgan fingerprint density at radius 2 is 1.32 bits per heavy atom. The molecule has 0 rings (SSSR count). The van der Waals surface area contributed by atoms with Crippen molar-refractivity contribution in [3.8, 4) is 0 Å². The SMILES string of the molecule is CC(C)(C)C(O)=CC(=O)C(F)(F)C(F)(F)C(F)(F)F. The first kappa shape index (κ1) is 17.7. The first-order chi connectivity index (χ1) is 8.05. The molecule has 2 nitrogen and oxygen atoms in total. The molecule has 0 aromatic heterocycles. The lowest BCUT2D eigenvalue weighted by atomic mass is 9.92.